The molecule has 0 aliphatic carbocycles. The molecule has 0 bridgehead atoms. The lowest BCUT2D eigenvalue weighted by atomic mass is 9.97. The number of nitrogens with zero attached hydrogens (tertiary/aromatic N) is 2. The molecule has 6 nitrogen and oxygen atoms in total. The third kappa shape index (κ3) is 3.80. The molecule has 114 valence electrons. The topological polar surface area (TPSA) is 78.1 Å². The van der Waals surface area contributed by atoms with Gasteiger partial charge in [0.25, 0.3) is 0 Å². The Morgan fingerprint density at radius 2 is 2.05 bits per heavy atom. The summed E-state index contributed by atoms with van der Waals surface area (Å²) in [5, 5.41) is 9.76. The van der Waals surface area contributed by atoms with Crippen LogP contribution >= 0.6 is 0 Å². The summed E-state index contributed by atoms with van der Waals surface area (Å²) in [6.45, 7) is 8.56. The van der Waals surface area contributed by atoms with Crippen molar-refractivity contribution in [2.45, 2.75) is 44.0 Å². The highest BCUT2D eigenvalue weighted by molar-refractivity contribution is 7.89. The molecular formula is C13H24N4O2S. The highest BCUT2D eigenvalue weighted by Gasteiger charge is 2.30. The fourth-order valence-corrected chi connectivity index (χ4v) is 3.71. The van der Waals surface area contributed by atoms with Gasteiger partial charge in [-0.3, -0.25) is 5.10 Å². The summed E-state index contributed by atoms with van der Waals surface area (Å²) in [6.07, 6.45) is 4.60. The zero-order valence-electron chi connectivity index (χ0n) is 12.4. The maximum Gasteiger partial charge on any atom is 0.246 e. The Bertz CT molecular complexity index is 511. The zero-order chi connectivity index (χ0) is 14.8. The van der Waals surface area contributed by atoms with E-state index in [1.165, 1.54) is 12.4 Å². The molecule has 1 fully saturated rings. The molecule has 0 amide bonds. The molecule has 2 rings (SSSR count). The molecule has 2 N–H and O–H groups in total. The minimum absolute atomic E-state index is 0.111. The summed E-state index contributed by atoms with van der Waals surface area (Å²) in [7, 11) is -3.37. The molecule has 0 unspecified atom stereocenters. The van der Waals surface area contributed by atoms with Gasteiger partial charge < -0.3 is 5.32 Å². The highest BCUT2D eigenvalue weighted by Crippen LogP contribution is 2.23. The summed E-state index contributed by atoms with van der Waals surface area (Å²) < 4.78 is 26.2. The number of aromatic amines is 1. The predicted octanol–water partition coefficient (Wildman–Crippen LogP) is 1.20. The number of hydrogen-bond donors (Lipinski definition) is 2. The molecule has 7 heteroatoms. The maximum atomic E-state index is 12.3. The van der Waals surface area contributed by atoms with Crippen molar-refractivity contribution in [1.82, 2.24) is 19.8 Å². The van der Waals surface area contributed by atoms with Gasteiger partial charge in [0.1, 0.15) is 4.90 Å². The Morgan fingerprint density at radius 1 is 1.40 bits per heavy atom. The van der Waals surface area contributed by atoms with Crippen LogP contribution in [0.1, 0.15) is 33.6 Å². The molecule has 1 aliphatic rings. The van der Waals surface area contributed by atoms with Crippen molar-refractivity contribution in [3.8, 4) is 0 Å². The zero-order valence-corrected chi connectivity index (χ0v) is 13.2. The van der Waals surface area contributed by atoms with E-state index in [4.69, 9.17) is 0 Å². The SMILES string of the molecule is CC(C)(C)NCC1CCN(S(=O)(=O)c2cn[nH]c2)CC1. The number of sulfonamides is 1. The number of nitrogens with one attached hydrogen (secondary N) is 2. The van der Waals surface area contributed by atoms with Crippen LogP contribution in [0.3, 0.4) is 0 Å². The standard InChI is InChI=1S/C13H24N4O2S/c1-13(2,3)14-8-11-4-6-17(7-5-11)20(18,19)12-9-15-16-10-12/h9-11,14H,4-8H2,1-3H3,(H,15,16). The molecule has 1 aliphatic heterocycles. The fourth-order valence-electron chi connectivity index (χ4n) is 2.33. The van der Waals surface area contributed by atoms with Crippen molar-refractivity contribution >= 4 is 10.0 Å². The van der Waals surface area contributed by atoms with Crippen LogP contribution in [0.5, 0.6) is 0 Å². The van der Waals surface area contributed by atoms with E-state index in [1.807, 2.05) is 0 Å². The van der Waals surface area contributed by atoms with Crippen LogP contribution in [0, 0.1) is 5.92 Å². The van der Waals surface area contributed by atoms with Gasteiger partial charge in [0.2, 0.25) is 10.0 Å². The molecule has 0 spiro atoms. The van der Waals surface area contributed by atoms with Gasteiger partial charge in [0, 0.05) is 24.8 Å². The van der Waals surface area contributed by atoms with Gasteiger partial charge in [-0.05, 0) is 46.1 Å². The second-order valence-corrected chi connectivity index (χ2v) is 8.35. The fraction of sp³-hybridized carbons (Fsp3) is 0.769. The second kappa shape index (κ2) is 5.83. The summed E-state index contributed by atoms with van der Waals surface area (Å²) in [4.78, 5) is 0.253. The third-order valence-corrected chi connectivity index (χ3v) is 5.47. The Balaban J connectivity index is 1.89. The van der Waals surface area contributed by atoms with Crippen molar-refractivity contribution in [3.05, 3.63) is 12.4 Å². The first-order chi connectivity index (χ1) is 9.29. The summed E-state index contributed by atoms with van der Waals surface area (Å²) >= 11 is 0. The van der Waals surface area contributed by atoms with Crippen molar-refractivity contribution in [3.63, 3.8) is 0 Å². The van der Waals surface area contributed by atoms with Gasteiger partial charge in [-0.2, -0.15) is 9.40 Å². The van der Waals surface area contributed by atoms with Crippen molar-refractivity contribution in [2.75, 3.05) is 19.6 Å². The molecule has 1 saturated heterocycles. The molecule has 0 atom stereocenters. The molecule has 20 heavy (non-hydrogen) atoms. The van der Waals surface area contributed by atoms with Crippen LogP contribution in [0.15, 0.2) is 17.3 Å². The molecular weight excluding hydrogens is 276 g/mol. The van der Waals surface area contributed by atoms with E-state index in [-0.39, 0.29) is 10.4 Å². The third-order valence-electron chi connectivity index (χ3n) is 3.61. The molecule has 0 saturated carbocycles. The summed E-state index contributed by atoms with van der Waals surface area (Å²) in [5.74, 6) is 0.546. The van der Waals surface area contributed by atoms with Crippen LogP contribution in [-0.2, 0) is 10.0 Å². The van der Waals surface area contributed by atoms with Gasteiger partial charge in [-0.25, -0.2) is 8.42 Å². The van der Waals surface area contributed by atoms with E-state index in [0.29, 0.717) is 19.0 Å². The van der Waals surface area contributed by atoms with Crippen LogP contribution < -0.4 is 5.32 Å². The average molecular weight is 300 g/mol. The highest BCUT2D eigenvalue weighted by atomic mass is 32.2. The Morgan fingerprint density at radius 3 is 2.55 bits per heavy atom. The molecule has 0 radical (unpaired) electrons. The Hall–Kier alpha value is -0.920. The molecule has 1 aromatic rings. The van der Waals surface area contributed by atoms with E-state index in [1.54, 1.807) is 4.31 Å². The Kier molecular flexibility index (Phi) is 4.51. The lowest BCUT2D eigenvalue weighted by Crippen LogP contribution is -2.44. The van der Waals surface area contributed by atoms with Crippen LogP contribution in [0.25, 0.3) is 0 Å². The van der Waals surface area contributed by atoms with Crippen molar-refractivity contribution in [1.29, 1.82) is 0 Å². The smallest absolute Gasteiger partial charge is 0.246 e. The number of aromatic nitrogens is 2. The first-order valence-electron chi connectivity index (χ1n) is 7.03. The van der Waals surface area contributed by atoms with E-state index >= 15 is 0 Å². The van der Waals surface area contributed by atoms with E-state index < -0.39 is 10.0 Å². The van der Waals surface area contributed by atoms with E-state index in [0.717, 1.165) is 19.4 Å². The quantitative estimate of drug-likeness (QED) is 0.876. The predicted molar refractivity (Wildman–Crippen MR) is 77.8 cm³/mol. The number of H-pyrrole nitrogens is 1. The normalized spacial score (nSPS) is 19.4. The van der Waals surface area contributed by atoms with Crippen LogP contribution in [0.2, 0.25) is 0 Å². The lowest BCUT2D eigenvalue weighted by molar-refractivity contribution is 0.251. The maximum absolute atomic E-state index is 12.3. The van der Waals surface area contributed by atoms with Gasteiger partial charge in [0.05, 0.1) is 6.20 Å². The lowest BCUT2D eigenvalue weighted by Gasteiger charge is -2.32. The van der Waals surface area contributed by atoms with Crippen LogP contribution in [-0.4, -0.2) is 48.1 Å². The largest absolute Gasteiger partial charge is 0.312 e. The summed E-state index contributed by atoms with van der Waals surface area (Å²) in [6, 6.07) is 0. The van der Waals surface area contributed by atoms with Gasteiger partial charge >= 0.3 is 0 Å². The van der Waals surface area contributed by atoms with Crippen LogP contribution in [0.4, 0.5) is 0 Å². The average Bonchev–Trinajstić information content (AvgIpc) is 2.90. The van der Waals surface area contributed by atoms with E-state index in [9.17, 15) is 8.42 Å². The second-order valence-electron chi connectivity index (χ2n) is 6.41. The first-order valence-corrected chi connectivity index (χ1v) is 8.47. The van der Waals surface area contributed by atoms with Crippen molar-refractivity contribution < 1.29 is 8.42 Å². The van der Waals surface area contributed by atoms with Crippen molar-refractivity contribution in [2.24, 2.45) is 5.92 Å². The monoisotopic (exact) mass is 300 g/mol. The molecule has 1 aromatic heterocycles. The number of piperidine rings is 1. The Labute approximate surface area is 121 Å². The van der Waals surface area contributed by atoms with Gasteiger partial charge in [0.15, 0.2) is 0 Å². The number of hydrogen-bond acceptors (Lipinski definition) is 4. The summed E-state index contributed by atoms with van der Waals surface area (Å²) in [5.41, 5.74) is 0.111. The first kappa shape index (κ1) is 15.5. The van der Waals surface area contributed by atoms with E-state index in [2.05, 4.69) is 36.3 Å². The minimum atomic E-state index is -3.37. The number of rotatable bonds is 4. The molecule has 0 aromatic carbocycles. The molecule has 2 heterocycles. The van der Waals surface area contributed by atoms with Gasteiger partial charge in [-0.1, -0.05) is 0 Å². The minimum Gasteiger partial charge on any atom is -0.312 e. The van der Waals surface area contributed by atoms with Gasteiger partial charge in [-0.15, -0.1) is 0 Å².